The average molecular weight is 532 g/mol. The van der Waals surface area contributed by atoms with Crippen molar-refractivity contribution in [3.05, 3.63) is 111 Å². The maximum absolute atomic E-state index is 9.94. The van der Waals surface area contributed by atoms with E-state index in [1.807, 2.05) is 13.1 Å². The Bertz CT molecular complexity index is 1150. The summed E-state index contributed by atoms with van der Waals surface area (Å²) in [7, 11) is 1.88. The third-order valence-corrected chi connectivity index (χ3v) is 7.79. The van der Waals surface area contributed by atoms with Gasteiger partial charge >= 0.3 is 0 Å². The van der Waals surface area contributed by atoms with E-state index < -0.39 is 0 Å². The molecule has 3 atom stereocenters. The minimum atomic E-state index is -0.266. The van der Waals surface area contributed by atoms with Crippen LogP contribution in [0.15, 0.2) is 72.8 Å². The van der Waals surface area contributed by atoms with E-state index in [1.165, 1.54) is 39.0 Å². The van der Waals surface area contributed by atoms with Crippen LogP contribution in [-0.4, -0.2) is 24.8 Å². The molecule has 2 nitrogen and oxygen atoms in total. The number of aliphatic hydroxyl groups excluding tert-OH is 1. The first-order chi connectivity index (χ1) is 18.2. The largest absolute Gasteiger partial charge is 0.392 e. The molecular weight excluding hydrogens is 486 g/mol. The molecule has 3 heteroatoms. The maximum atomic E-state index is 9.94. The summed E-state index contributed by atoms with van der Waals surface area (Å²) in [6, 6.07) is 24.2. The zero-order valence-corrected chi connectivity index (χ0v) is 24.7. The number of rotatable bonds is 14. The number of nitrogens with one attached hydrogen (secondary N) is 1. The quantitative estimate of drug-likeness (QED) is 0.218. The summed E-state index contributed by atoms with van der Waals surface area (Å²) in [6.07, 6.45) is 8.27. The van der Waals surface area contributed by atoms with Gasteiger partial charge in [0, 0.05) is 11.6 Å². The van der Waals surface area contributed by atoms with Gasteiger partial charge in [-0.1, -0.05) is 91.7 Å². The second kappa shape index (κ2) is 15.3. The van der Waals surface area contributed by atoms with Gasteiger partial charge < -0.3 is 10.4 Å². The van der Waals surface area contributed by atoms with E-state index >= 15 is 0 Å². The van der Waals surface area contributed by atoms with Gasteiger partial charge in [0.05, 0.1) is 6.10 Å². The molecule has 3 unspecified atom stereocenters. The molecule has 2 N–H and O–H groups in total. The predicted molar refractivity (Wildman–Crippen MR) is 165 cm³/mol. The van der Waals surface area contributed by atoms with E-state index in [9.17, 15) is 5.11 Å². The van der Waals surface area contributed by atoms with Crippen molar-refractivity contribution in [3.63, 3.8) is 0 Å². The lowest BCUT2D eigenvalue weighted by atomic mass is 9.87. The number of aliphatic hydroxyl groups is 1. The fraction of sp³-hybridized carbons (Fsp3) is 0.429. The first-order valence-corrected chi connectivity index (χ1v) is 14.6. The van der Waals surface area contributed by atoms with Crippen molar-refractivity contribution in [2.75, 3.05) is 13.6 Å². The standard InChI is InChI=1S/C35H46ClNO/c1-25-9-13-30(14-10-25)21-26(2)11-17-32(35-23-33(36)20-12-27(35)3)22-28(4)31-18-15-29(16-19-31)7-6-8-34(38)24-37-5/h9-10,12-16,18-20,22-23,26,28,34,37-38H,6-8,11,17,21,24H2,1-5H3/b32-22+. The number of likely N-dealkylation sites (N-methyl/N-ethyl adjacent to an activating group) is 1. The van der Waals surface area contributed by atoms with Crippen LogP contribution in [0.4, 0.5) is 0 Å². The van der Waals surface area contributed by atoms with Gasteiger partial charge in [0.1, 0.15) is 0 Å². The zero-order valence-electron chi connectivity index (χ0n) is 23.9. The summed E-state index contributed by atoms with van der Waals surface area (Å²) in [4.78, 5) is 0. The maximum Gasteiger partial charge on any atom is 0.0664 e. The normalized spacial score (nSPS) is 14.3. The summed E-state index contributed by atoms with van der Waals surface area (Å²) in [5, 5.41) is 13.8. The van der Waals surface area contributed by atoms with Crippen molar-refractivity contribution in [1.29, 1.82) is 0 Å². The van der Waals surface area contributed by atoms with Crippen LogP contribution in [0.2, 0.25) is 5.02 Å². The van der Waals surface area contributed by atoms with Crippen molar-refractivity contribution in [2.45, 2.75) is 78.2 Å². The average Bonchev–Trinajstić information content (AvgIpc) is 2.90. The predicted octanol–water partition coefficient (Wildman–Crippen LogP) is 8.71. The van der Waals surface area contributed by atoms with Gasteiger partial charge in [0.2, 0.25) is 0 Å². The van der Waals surface area contributed by atoms with Gasteiger partial charge in [0.15, 0.2) is 0 Å². The molecule has 3 rings (SSSR count). The summed E-state index contributed by atoms with van der Waals surface area (Å²) >= 11 is 6.45. The van der Waals surface area contributed by atoms with Gasteiger partial charge in [-0.25, -0.2) is 0 Å². The first kappa shape index (κ1) is 30.2. The van der Waals surface area contributed by atoms with Crippen LogP contribution < -0.4 is 5.32 Å². The van der Waals surface area contributed by atoms with Gasteiger partial charge in [-0.15, -0.1) is 0 Å². The van der Waals surface area contributed by atoms with Crippen molar-refractivity contribution in [2.24, 2.45) is 5.92 Å². The SMILES string of the molecule is CNCC(O)CCCc1ccc(C(C)/C=C(\CCC(C)Cc2ccc(C)cc2)c2cc(Cl)ccc2C)cc1. The number of halogens is 1. The Labute approximate surface area is 236 Å². The lowest BCUT2D eigenvalue weighted by molar-refractivity contribution is 0.162. The second-order valence-electron chi connectivity index (χ2n) is 11.1. The molecule has 0 bridgehead atoms. The van der Waals surface area contributed by atoms with Crippen molar-refractivity contribution >= 4 is 17.2 Å². The summed E-state index contributed by atoms with van der Waals surface area (Å²) in [5.74, 6) is 0.907. The highest BCUT2D eigenvalue weighted by Crippen LogP contribution is 2.32. The minimum absolute atomic E-state index is 0.266. The number of aryl methyl sites for hydroxylation is 3. The number of benzene rings is 3. The van der Waals surface area contributed by atoms with Crippen molar-refractivity contribution in [3.8, 4) is 0 Å². The number of hydrogen-bond acceptors (Lipinski definition) is 2. The Hall–Kier alpha value is -2.39. The Morgan fingerprint density at radius 3 is 2.29 bits per heavy atom. The van der Waals surface area contributed by atoms with Crippen LogP contribution in [-0.2, 0) is 12.8 Å². The Balaban J connectivity index is 1.70. The molecule has 0 radical (unpaired) electrons. The third kappa shape index (κ3) is 9.73. The zero-order chi connectivity index (χ0) is 27.5. The van der Waals surface area contributed by atoms with Gasteiger partial charge in [0.25, 0.3) is 0 Å². The molecule has 0 aliphatic rings. The highest BCUT2D eigenvalue weighted by atomic mass is 35.5. The van der Waals surface area contributed by atoms with E-state index in [-0.39, 0.29) is 6.10 Å². The molecule has 0 aromatic heterocycles. The molecule has 0 aliphatic heterocycles. The van der Waals surface area contributed by atoms with Gasteiger partial charge in [-0.2, -0.15) is 0 Å². The fourth-order valence-corrected chi connectivity index (χ4v) is 5.32. The molecule has 204 valence electrons. The lowest BCUT2D eigenvalue weighted by Gasteiger charge is -2.18. The minimum Gasteiger partial charge on any atom is -0.392 e. The van der Waals surface area contributed by atoms with Crippen LogP contribution in [0.25, 0.3) is 5.57 Å². The Morgan fingerprint density at radius 1 is 0.921 bits per heavy atom. The van der Waals surface area contributed by atoms with Crippen LogP contribution >= 0.6 is 11.6 Å². The third-order valence-electron chi connectivity index (χ3n) is 7.56. The topological polar surface area (TPSA) is 32.3 Å². The molecule has 0 saturated carbocycles. The van der Waals surface area contributed by atoms with Crippen LogP contribution in [0.1, 0.15) is 78.8 Å². The molecule has 0 spiro atoms. The highest BCUT2D eigenvalue weighted by molar-refractivity contribution is 6.30. The summed E-state index contributed by atoms with van der Waals surface area (Å²) in [6.45, 7) is 9.63. The fourth-order valence-electron chi connectivity index (χ4n) is 5.14. The second-order valence-corrected chi connectivity index (χ2v) is 11.6. The lowest BCUT2D eigenvalue weighted by Crippen LogP contribution is -2.23. The van der Waals surface area contributed by atoms with Crippen LogP contribution in [0, 0.1) is 19.8 Å². The van der Waals surface area contributed by atoms with E-state index in [4.69, 9.17) is 11.6 Å². The monoisotopic (exact) mass is 531 g/mol. The van der Waals surface area contributed by atoms with E-state index in [0.29, 0.717) is 18.4 Å². The summed E-state index contributed by atoms with van der Waals surface area (Å²) < 4.78 is 0. The Morgan fingerprint density at radius 2 is 1.61 bits per heavy atom. The summed E-state index contributed by atoms with van der Waals surface area (Å²) in [5.41, 5.74) is 9.31. The van der Waals surface area contributed by atoms with E-state index in [0.717, 1.165) is 43.5 Å². The molecule has 0 fully saturated rings. The van der Waals surface area contributed by atoms with Crippen molar-refractivity contribution < 1.29 is 5.11 Å². The van der Waals surface area contributed by atoms with Gasteiger partial charge in [-0.3, -0.25) is 0 Å². The smallest absolute Gasteiger partial charge is 0.0664 e. The highest BCUT2D eigenvalue weighted by Gasteiger charge is 2.13. The molecule has 38 heavy (non-hydrogen) atoms. The number of hydrogen-bond donors (Lipinski definition) is 2. The Kier molecular flexibility index (Phi) is 12.1. The molecule has 3 aromatic rings. The van der Waals surface area contributed by atoms with Crippen LogP contribution in [0.5, 0.6) is 0 Å². The number of allylic oxidation sites excluding steroid dienone is 2. The van der Waals surface area contributed by atoms with E-state index in [2.05, 4.69) is 99.8 Å². The van der Waals surface area contributed by atoms with Crippen LogP contribution in [0.3, 0.4) is 0 Å². The molecule has 0 aliphatic carbocycles. The first-order valence-electron chi connectivity index (χ1n) is 14.2. The molecule has 0 amide bonds. The molecule has 0 saturated heterocycles. The molecule has 3 aromatic carbocycles. The molecular formula is C35H46ClNO. The van der Waals surface area contributed by atoms with E-state index in [1.54, 1.807) is 0 Å². The van der Waals surface area contributed by atoms with Gasteiger partial charge in [-0.05, 0) is 117 Å². The molecule has 0 heterocycles. The van der Waals surface area contributed by atoms with Crippen molar-refractivity contribution in [1.82, 2.24) is 5.32 Å².